The zero-order valence-electron chi connectivity index (χ0n) is 9.60. The molecule has 0 fully saturated rings. The smallest absolute Gasteiger partial charge is 0.408 e. The molecule has 1 heterocycles. The number of nitrogens with one attached hydrogen (secondary N) is 1. The third kappa shape index (κ3) is 2.45. The van der Waals surface area contributed by atoms with Crippen LogP contribution in [-0.2, 0) is 18.3 Å². The van der Waals surface area contributed by atoms with Gasteiger partial charge in [-0.1, -0.05) is 6.07 Å². The van der Waals surface area contributed by atoms with Gasteiger partial charge < -0.3 is 14.5 Å². The second-order valence-corrected chi connectivity index (χ2v) is 3.85. The van der Waals surface area contributed by atoms with E-state index in [2.05, 4.69) is 5.32 Å². The van der Waals surface area contributed by atoms with Gasteiger partial charge in [0, 0.05) is 7.05 Å². The summed E-state index contributed by atoms with van der Waals surface area (Å²) in [6, 6.07) is 5.66. The Kier molecular flexibility index (Phi) is 3.39. The maximum absolute atomic E-state index is 11.3. The predicted octanol–water partition coefficient (Wildman–Crippen LogP) is 0.462. The van der Waals surface area contributed by atoms with E-state index in [0.29, 0.717) is 12.1 Å². The molecule has 0 unspecified atom stereocenters. The molecule has 0 aliphatic carbocycles. The lowest BCUT2D eigenvalue weighted by Crippen LogP contribution is -2.19. The van der Waals surface area contributed by atoms with E-state index < -0.39 is 0 Å². The summed E-state index contributed by atoms with van der Waals surface area (Å²) in [4.78, 5) is 21.4. The van der Waals surface area contributed by atoms with Crippen LogP contribution in [0.3, 0.4) is 0 Å². The normalized spacial score (nSPS) is 10.9. The van der Waals surface area contributed by atoms with Crippen molar-refractivity contribution in [3.05, 3.63) is 34.3 Å². The van der Waals surface area contributed by atoms with E-state index in [0.717, 1.165) is 30.3 Å². The molecule has 0 amide bonds. The molecule has 90 valence electrons. The molecule has 0 saturated carbocycles. The fourth-order valence-corrected chi connectivity index (χ4v) is 1.72. The molecular weight excluding hydrogens is 220 g/mol. The number of carbonyl (C=O) groups excluding carboxylic acids is 1. The number of benzene rings is 1. The van der Waals surface area contributed by atoms with E-state index in [1.54, 1.807) is 13.1 Å². The average molecular weight is 234 g/mol. The number of aryl methyl sites for hydroxylation is 1. The lowest BCUT2D eigenvalue weighted by atomic mass is 10.1. The first-order chi connectivity index (χ1) is 8.22. The van der Waals surface area contributed by atoms with Crippen molar-refractivity contribution in [1.29, 1.82) is 0 Å². The van der Waals surface area contributed by atoms with Crippen LogP contribution >= 0.6 is 0 Å². The first-order valence-corrected chi connectivity index (χ1v) is 5.45. The summed E-state index contributed by atoms with van der Waals surface area (Å²) in [7, 11) is 1.68. The van der Waals surface area contributed by atoms with Crippen LogP contribution in [0, 0.1) is 0 Å². The van der Waals surface area contributed by atoms with Gasteiger partial charge in [0.2, 0.25) is 0 Å². The molecule has 2 aromatic rings. The number of nitrogens with zero attached hydrogens (tertiary/aromatic N) is 1. The van der Waals surface area contributed by atoms with E-state index in [-0.39, 0.29) is 5.76 Å². The summed E-state index contributed by atoms with van der Waals surface area (Å²) in [5.41, 5.74) is 2.50. The Balaban J connectivity index is 2.16. The maximum atomic E-state index is 11.3. The Morgan fingerprint density at radius 3 is 3.06 bits per heavy atom. The van der Waals surface area contributed by atoms with Crippen LogP contribution < -0.4 is 11.1 Å². The van der Waals surface area contributed by atoms with Gasteiger partial charge in [0.25, 0.3) is 0 Å². The predicted molar refractivity (Wildman–Crippen MR) is 64.1 cm³/mol. The van der Waals surface area contributed by atoms with Crippen LogP contribution in [0.2, 0.25) is 0 Å². The lowest BCUT2D eigenvalue weighted by molar-refractivity contribution is -0.107. The molecule has 5 nitrogen and oxygen atoms in total. The molecule has 0 aliphatic rings. The largest absolute Gasteiger partial charge is 0.419 e. The van der Waals surface area contributed by atoms with Crippen molar-refractivity contribution in [2.75, 3.05) is 13.1 Å². The molecule has 0 saturated heterocycles. The van der Waals surface area contributed by atoms with E-state index in [1.807, 2.05) is 12.1 Å². The topological polar surface area (TPSA) is 64.2 Å². The minimum absolute atomic E-state index is 0.351. The maximum Gasteiger partial charge on any atom is 0.419 e. The van der Waals surface area contributed by atoms with E-state index in [9.17, 15) is 9.59 Å². The molecule has 0 spiro atoms. The second-order valence-electron chi connectivity index (χ2n) is 3.85. The summed E-state index contributed by atoms with van der Waals surface area (Å²) in [5, 5.41) is 2.99. The van der Waals surface area contributed by atoms with Gasteiger partial charge in [0.05, 0.1) is 12.1 Å². The average Bonchev–Trinajstić information content (AvgIpc) is 2.61. The molecule has 1 aromatic heterocycles. The van der Waals surface area contributed by atoms with Gasteiger partial charge in [-0.05, 0) is 30.7 Å². The van der Waals surface area contributed by atoms with Gasteiger partial charge in [-0.25, -0.2) is 4.79 Å². The monoisotopic (exact) mass is 234 g/mol. The fraction of sp³-hybridized carbons (Fsp3) is 0.333. The SMILES string of the molecule is Cn1c(=O)oc2ccc(CCNCC=O)cc21. The summed E-state index contributed by atoms with van der Waals surface area (Å²) in [6.07, 6.45) is 1.64. The second kappa shape index (κ2) is 4.97. The molecule has 5 heteroatoms. The van der Waals surface area contributed by atoms with Crippen LogP contribution in [0.4, 0.5) is 0 Å². The van der Waals surface area contributed by atoms with Crippen molar-refractivity contribution < 1.29 is 9.21 Å². The third-order valence-electron chi connectivity index (χ3n) is 2.67. The Morgan fingerprint density at radius 2 is 2.29 bits per heavy atom. The van der Waals surface area contributed by atoms with Crippen molar-refractivity contribution in [2.45, 2.75) is 6.42 Å². The van der Waals surface area contributed by atoms with Crippen molar-refractivity contribution in [2.24, 2.45) is 7.05 Å². The Morgan fingerprint density at radius 1 is 1.47 bits per heavy atom. The van der Waals surface area contributed by atoms with Gasteiger partial charge in [0.1, 0.15) is 6.29 Å². The van der Waals surface area contributed by atoms with Crippen LogP contribution in [0.5, 0.6) is 0 Å². The van der Waals surface area contributed by atoms with Crippen molar-refractivity contribution in [3.8, 4) is 0 Å². The molecule has 0 radical (unpaired) electrons. The van der Waals surface area contributed by atoms with Gasteiger partial charge in [-0.2, -0.15) is 0 Å². The molecule has 0 atom stereocenters. The summed E-state index contributed by atoms with van der Waals surface area (Å²) >= 11 is 0. The van der Waals surface area contributed by atoms with Gasteiger partial charge in [-0.3, -0.25) is 4.57 Å². The van der Waals surface area contributed by atoms with Crippen LogP contribution in [-0.4, -0.2) is 23.9 Å². The molecule has 0 bridgehead atoms. The molecular formula is C12H14N2O3. The van der Waals surface area contributed by atoms with Gasteiger partial charge in [0.15, 0.2) is 5.58 Å². The first-order valence-electron chi connectivity index (χ1n) is 5.45. The van der Waals surface area contributed by atoms with Crippen LogP contribution in [0.15, 0.2) is 27.4 Å². The highest BCUT2D eigenvalue weighted by molar-refractivity contribution is 5.73. The van der Waals surface area contributed by atoms with Crippen LogP contribution in [0.1, 0.15) is 5.56 Å². The zero-order valence-corrected chi connectivity index (χ0v) is 9.60. The van der Waals surface area contributed by atoms with Crippen molar-refractivity contribution >= 4 is 17.4 Å². The minimum Gasteiger partial charge on any atom is -0.408 e. The number of fused-ring (bicyclic) bond motifs is 1. The summed E-state index contributed by atoms with van der Waals surface area (Å²) in [6.45, 7) is 1.10. The number of hydrogen-bond donors (Lipinski definition) is 1. The number of aldehydes is 1. The molecule has 0 aliphatic heterocycles. The highest BCUT2D eigenvalue weighted by Gasteiger charge is 2.05. The molecule has 1 aromatic carbocycles. The fourth-order valence-electron chi connectivity index (χ4n) is 1.72. The summed E-state index contributed by atoms with van der Waals surface area (Å²) < 4.78 is 6.53. The minimum atomic E-state index is -0.351. The Labute approximate surface area is 98.0 Å². The summed E-state index contributed by atoms with van der Waals surface area (Å²) in [5.74, 6) is -0.351. The van der Waals surface area contributed by atoms with Crippen molar-refractivity contribution in [3.63, 3.8) is 0 Å². The third-order valence-corrected chi connectivity index (χ3v) is 2.67. The first kappa shape index (κ1) is 11.6. The molecule has 1 N–H and O–H groups in total. The number of carbonyl (C=O) groups is 1. The van der Waals surface area contributed by atoms with E-state index in [4.69, 9.17) is 4.42 Å². The lowest BCUT2D eigenvalue weighted by Gasteiger charge is -2.02. The number of aromatic nitrogens is 1. The highest BCUT2D eigenvalue weighted by atomic mass is 16.4. The number of hydrogen-bond acceptors (Lipinski definition) is 4. The number of oxazole rings is 1. The van der Waals surface area contributed by atoms with E-state index in [1.165, 1.54) is 4.57 Å². The van der Waals surface area contributed by atoms with E-state index >= 15 is 0 Å². The van der Waals surface area contributed by atoms with Gasteiger partial charge >= 0.3 is 5.76 Å². The molecule has 2 rings (SSSR count). The van der Waals surface area contributed by atoms with Crippen molar-refractivity contribution in [1.82, 2.24) is 9.88 Å². The zero-order chi connectivity index (χ0) is 12.3. The van der Waals surface area contributed by atoms with Crippen LogP contribution in [0.25, 0.3) is 11.1 Å². The highest BCUT2D eigenvalue weighted by Crippen LogP contribution is 2.14. The molecule has 17 heavy (non-hydrogen) atoms. The number of rotatable bonds is 5. The Hall–Kier alpha value is -1.88. The Bertz CT molecular complexity index is 583. The quantitative estimate of drug-likeness (QED) is 0.603. The standard InChI is InChI=1S/C12H14N2O3/c1-14-10-8-9(4-5-13-6-7-15)2-3-11(10)17-12(14)16/h2-3,7-8,13H,4-6H2,1H3. The van der Waals surface area contributed by atoms with Gasteiger partial charge in [-0.15, -0.1) is 0 Å².